The van der Waals surface area contributed by atoms with E-state index in [1.54, 1.807) is 50.3 Å². The van der Waals surface area contributed by atoms with Gasteiger partial charge in [-0.1, -0.05) is 53.5 Å². The molecule has 1 saturated heterocycles. The number of amides is 2. The second-order valence-electron chi connectivity index (χ2n) is 9.24. The highest BCUT2D eigenvalue weighted by Crippen LogP contribution is 2.30. The summed E-state index contributed by atoms with van der Waals surface area (Å²) in [4.78, 5) is 29.4. The van der Waals surface area contributed by atoms with Gasteiger partial charge < -0.3 is 19.9 Å². The van der Waals surface area contributed by atoms with Gasteiger partial charge in [0.15, 0.2) is 5.60 Å². The Bertz CT molecular complexity index is 1270. The molecule has 1 aliphatic rings. The summed E-state index contributed by atoms with van der Waals surface area (Å²) in [7, 11) is 0. The van der Waals surface area contributed by atoms with Gasteiger partial charge in [0.25, 0.3) is 5.91 Å². The number of ether oxygens (including phenoxy) is 1. The second kappa shape index (κ2) is 11.7. The molecule has 37 heavy (non-hydrogen) atoms. The van der Waals surface area contributed by atoms with E-state index in [1.165, 1.54) is 0 Å². The summed E-state index contributed by atoms with van der Waals surface area (Å²) in [5.41, 5.74) is 1.32. The van der Waals surface area contributed by atoms with Gasteiger partial charge in [-0.15, -0.1) is 0 Å². The predicted molar refractivity (Wildman–Crippen MR) is 151 cm³/mol. The minimum atomic E-state index is -1.11. The van der Waals surface area contributed by atoms with Gasteiger partial charge in [-0.05, 0) is 68.0 Å². The van der Waals surface area contributed by atoms with Gasteiger partial charge in [0.05, 0.1) is 10.7 Å². The molecular weight excluding hydrogens is 509 g/mol. The maximum atomic E-state index is 12.9. The molecule has 192 valence electrons. The highest BCUT2D eigenvalue weighted by Gasteiger charge is 2.30. The van der Waals surface area contributed by atoms with E-state index in [-0.39, 0.29) is 11.8 Å². The molecule has 0 saturated carbocycles. The smallest absolute Gasteiger partial charge is 0.267 e. The molecule has 3 aromatic carbocycles. The Morgan fingerprint density at radius 3 is 2.24 bits per heavy atom. The van der Waals surface area contributed by atoms with Gasteiger partial charge in [-0.2, -0.15) is 0 Å². The summed E-state index contributed by atoms with van der Waals surface area (Å²) in [5, 5.41) is 4.00. The fraction of sp³-hybridized carbons (Fsp3) is 0.241. The fourth-order valence-electron chi connectivity index (χ4n) is 3.97. The molecule has 0 atom stereocenters. The Balaban J connectivity index is 1.32. The number of rotatable bonds is 7. The maximum absolute atomic E-state index is 12.9. The van der Waals surface area contributed by atoms with Crippen LogP contribution in [0.1, 0.15) is 19.4 Å². The lowest BCUT2D eigenvalue weighted by Gasteiger charge is -2.36. The van der Waals surface area contributed by atoms with Crippen molar-refractivity contribution < 1.29 is 14.3 Å². The van der Waals surface area contributed by atoms with E-state index in [0.29, 0.717) is 47.7 Å². The summed E-state index contributed by atoms with van der Waals surface area (Å²) >= 11 is 12.5. The van der Waals surface area contributed by atoms with Gasteiger partial charge in [-0.25, -0.2) is 0 Å². The van der Waals surface area contributed by atoms with Crippen LogP contribution < -0.4 is 15.0 Å². The van der Waals surface area contributed by atoms with Crippen molar-refractivity contribution in [2.24, 2.45) is 0 Å². The minimum Gasteiger partial charge on any atom is -0.478 e. The first-order valence-electron chi connectivity index (χ1n) is 12.0. The van der Waals surface area contributed by atoms with E-state index in [9.17, 15) is 9.59 Å². The van der Waals surface area contributed by atoms with E-state index in [1.807, 2.05) is 53.4 Å². The van der Waals surface area contributed by atoms with Crippen LogP contribution in [-0.4, -0.2) is 48.5 Å². The van der Waals surface area contributed by atoms with Gasteiger partial charge >= 0.3 is 0 Å². The largest absolute Gasteiger partial charge is 0.478 e. The highest BCUT2D eigenvalue weighted by molar-refractivity contribution is 6.33. The molecule has 0 bridgehead atoms. The Labute approximate surface area is 227 Å². The van der Waals surface area contributed by atoms with Gasteiger partial charge in [0, 0.05) is 43.0 Å². The van der Waals surface area contributed by atoms with Crippen molar-refractivity contribution in [3.63, 3.8) is 0 Å². The number of anilines is 2. The molecule has 0 radical (unpaired) electrons. The van der Waals surface area contributed by atoms with Crippen molar-refractivity contribution in [2.75, 3.05) is 36.4 Å². The molecule has 8 heteroatoms. The summed E-state index contributed by atoms with van der Waals surface area (Å²) in [6, 6.07) is 22.0. The quantitative estimate of drug-likeness (QED) is 0.367. The van der Waals surface area contributed by atoms with Crippen molar-refractivity contribution in [2.45, 2.75) is 19.4 Å². The van der Waals surface area contributed by atoms with Crippen LogP contribution in [-0.2, 0) is 9.59 Å². The molecule has 1 N–H and O–H groups in total. The lowest BCUT2D eigenvalue weighted by molar-refractivity contribution is -0.128. The number of carbonyl (C=O) groups is 2. The molecule has 1 aliphatic heterocycles. The third-order valence-electron chi connectivity index (χ3n) is 6.09. The number of hydrogen-bond acceptors (Lipinski definition) is 4. The summed E-state index contributed by atoms with van der Waals surface area (Å²) in [5.74, 6) is 0.240. The lowest BCUT2D eigenvalue weighted by atomic mass is 10.1. The SMILES string of the molecule is CC(C)(Oc1ccc(Cl)cc1)C(=O)Nc1ccc(N2CCN(C(=O)/C=C/c3ccccc3)CC2)c(Cl)c1. The van der Waals surface area contributed by atoms with Gasteiger partial charge in [-0.3, -0.25) is 9.59 Å². The molecule has 1 heterocycles. The normalized spacial score (nSPS) is 14.1. The van der Waals surface area contributed by atoms with Crippen LogP contribution >= 0.6 is 23.2 Å². The molecule has 0 spiro atoms. The maximum Gasteiger partial charge on any atom is 0.267 e. The molecule has 6 nitrogen and oxygen atoms in total. The number of carbonyl (C=O) groups excluding carboxylic acids is 2. The van der Waals surface area contributed by atoms with E-state index in [2.05, 4.69) is 10.2 Å². The molecular formula is C29H29Cl2N3O3. The second-order valence-corrected chi connectivity index (χ2v) is 10.1. The lowest BCUT2D eigenvalue weighted by Crippen LogP contribution is -2.48. The zero-order valence-electron chi connectivity index (χ0n) is 20.8. The average molecular weight is 538 g/mol. The van der Waals surface area contributed by atoms with Crippen LogP contribution in [0.3, 0.4) is 0 Å². The standard InChI is InChI=1S/C29H29Cl2N3O3/c1-29(2,37-24-12-9-22(30)10-13-24)28(36)32-23-11-14-26(25(31)20-23)33-16-18-34(19-17-33)27(35)15-8-21-6-4-3-5-7-21/h3-15,20H,16-19H2,1-2H3,(H,32,36)/b15-8+. The van der Waals surface area contributed by atoms with Crippen LogP contribution in [0, 0.1) is 0 Å². The zero-order valence-corrected chi connectivity index (χ0v) is 22.3. The van der Waals surface area contributed by atoms with Crippen LogP contribution in [0.15, 0.2) is 78.9 Å². The number of nitrogens with zero attached hydrogens (tertiary/aromatic N) is 2. The number of nitrogens with one attached hydrogen (secondary N) is 1. The monoisotopic (exact) mass is 537 g/mol. The van der Waals surface area contributed by atoms with E-state index in [0.717, 1.165) is 11.3 Å². The topological polar surface area (TPSA) is 61.9 Å². The van der Waals surface area contributed by atoms with E-state index < -0.39 is 5.60 Å². The first-order chi connectivity index (χ1) is 17.7. The predicted octanol–water partition coefficient (Wildman–Crippen LogP) is 6.15. The first-order valence-corrected chi connectivity index (χ1v) is 12.8. The van der Waals surface area contributed by atoms with Crippen LogP contribution in [0.5, 0.6) is 5.75 Å². The van der Waals surface area contributed by atoms with Crippen LogP contribution in [0.2, 0.25) is 10.0 Å². The van der Waals surface area contributed by atoms with Crippen molar-refractivity contribution >= 4 is 52.5 Å². The molecule has 0 aliphatic carbocycles. The van der Waals surface area contributed by atoms with Crippen molar-refractivity contribution in [1.82, 2.24) is 4.90 Å². The zero-order chi connectivity index (χ0) is 26.4. The Hall–Kier alpha value is -3.48. The highest BCUT2D eigenvalue weighted by atomic mass is 35.5. The first kappa shape index (κ1) is 26.6. The van der Waals surface area contributed by atoms with Crippen LogP contribution in [0.25, 0.3) is 6.08 Å². The molecule has 0 aromatic heterocycles. The number of hydrogen-bond donors (Lipinski definition) is 1. The molecule has 4 rings (SSSR count). The molecule has 3 aromatic rings. The molecule has 1 fully saturated rings. The van der Waals surface area contributed by atoms with E-state index in [4.69, 9.17) is 27.9 Å². The van der Waals surface area contributed by atoms with Gasteiger partial charge in [0.2, 0.25) is 5.91 Å². The van der Waals surface area contributed by atoms with Crippen molar-refractivity contribution in [3.8, 4) is 5.75 Å². The molecule has 2 amide bonds. The Kier molecular flexibility index (Phi) is 8.41. The number of benzene rings is 3. The third kappa shape index (κ3) is 7.06. The Morgan fingerprint density at radius 1 is 0.919 bits per heavy atom. The van der Waals surface area contributed by atoms with Gasteiger partial charge in [0.1, 0.15) is 5.75 Å². The van der Waals surface area contributed by atoms with E-state index >= 15 is 0 Å². The third-order valence-corrected chi connectivity index (χ3v) is 6.64. The van der Waals surface area contributed by atoms with Crippen molar-refractivity contribution in [1.29, 1.82) is 0 Å². The molecule has 0 unspecified atom stereocenters. The fourth-order valence-corrected chi connectivity index (χ4v) is 4.40. The minimum absolute atomic E-state index is 0.00362. The summed E-state index contributed by atoms with van der Waals surface area (Å²) in [6.45, 7) is 5.92. The summed E-state index contributed by atoms with van der Waals surface area (Å²) in [6.07, 6.45) is 3.45. The summed E-state index contributed by atoms with van der Waals surface area (Å²) < 4.78 is 5.86. The number of halogens is 2. The number of piperazine rings is 1. The van der Waals surface area contributed by atoms with Crippen LogP contribution in [0.4, 0.5) is 11.4 Å². The Morgan fingerprint density at radius 2 is 1.59 bits per heavy atom. The average Bonchev–Trinajstić information content (AvgIpc) is 2.89. The van der Waals surface area contributed by atoms with Crippen molar-refractivity contribution in [3.05, 3.63) is 94.5 Å².